The Kier molecular flexibility index (Phi) is 6.22. The molecule has 3 N–H and O–H groups in total. The molecule has 104 valence electrons. The molecule has 0 radical (unpaired) electrons. The average molecular weight is 250 g/mol. The second kappa shape index (κ2) is 7.96. The molecular weight excluding hydrogens is 220 g/mol. The summed E-state index contributed by atoms with van der Waals surface area (Å²) in [6.07, 6.45) is 18.9. The van der Waals surface area contributed by atoms with Crippen LogP contribution in [0.4, 0.5) is 0 Å². The Morgan fingerprint density at radius 2 is 1.89 bits per heavy atom. The van der Waals surface area contributed by atoms with E-state index in [0.29, 0.717) is 6.04 Å². The molecule has 0 aromatic carbocycles. The van der Waals surface area contributed by atoms with Crippen molar-refractivity contribution in [3.8, 4) is 0 Å². The third-order valence-corrected chi connectivity index (χ3v) is 4.81. The van der Waals surface area contributed by atoms with Gasteiger partial charge in [0.1, 0.15) is 0 Å². The Balaban J connectivity index is 1.81. The van der Waals surface area contributed by atoms with Crippen molar-refractivity contribution in [2.24, 2.45) is 11.8 Å². The number of hydrogen-bond acceptors (Lipinski definition) is 2. The molecule has 0 saturated heterocycles. The predicted molar refractivity (Wildman–Crippen MR) is 78.1 cm³/mol. The van der Waals surface area contributed by atoms with Gasteiger partial charge in [-0.05, 0) is 44.4 Å². The molecule has 18 heavy (non-hydrogen) atoms. The minimum Gasteiger partial charge on any atom is -0.271 e. The molecule has 1 atom stereocenters. The highest BCUT2D eigenvalue weighted by Gasteiger charge is 2.19. The van der Waals surface area contributed by atoms with Gasteiger partial charge < -0.3 is 0 Å². The highest BCUT2D eigenvalue weighted by molar-refractivity contribution is 5.11. The van der Waals surface area contributed by atoms with E-state index in [0.717, 1.165) is 5.92 Å². The molecule has 2 rings (SSSR count). The molecule has 2 aliphatic carbocycles. The van der Waals surface area contributed by atoms with Crippen molar-refractivity contribution in [1.29, 1.82) is 0 Å². The number of hydrogen-bond donors (Lipinski definition) is 2. The molecule has 0 aliphatic heterocycles. The zero-order chi connectivity index (χ0) is 12.6. The maximum atomic E-state index is 5.79. The van der Waals surface area contributed by atoms with Gasteiger partial charge in [-0.3, -0.25) is 11.3 Å². The summed E-state index contributed by atoms with van der Waals surface area (Å²) in [6.45, 7) is 0. The van der Waals surface area contributed by atoms with Gasteiger partial charge in [-0.1, -0.05) is 50.2 Å². The fourth-order valence-electron chi connectivity index (χ4n) is 3.61. The molecule has 2 nitrogen and oxygen atoms in total. The topological polar surface area (TPSA) is 38.0 Å². The van der Waals surface area contributed by atoms with Crippen molar-refractivity contribution in [1.82, 2.24) is 5.43 Å². The van der Waals surface area contributed by atoms with E-state index in [1.54, 1.807) is 5.57 Å². The van der Waals surface area contributed by atoms with Crippen LogP contribution < -0.4 is 11.3 Å². The summed E-state index contributed by atoms with van der Waals surface area (Å²) in [4.78, 5) is 0. The van der Waals surface area contributed by atoms with E-state index in [2.05, 4.69) is 11.5 Å². The quantitative estimate of drug-likeness (QED) is 0.438. The molecule has 0 aromatic heterocycles. The first-order chi connectivity index (χ1) is 8.90. The fourth-order valence-corrected chi connectivity index (χ4v) is 3.61. The lowest BCUT2D eigenvalue weighted by Crippen LogP contribution is -2.37. The van der Waals surface area contributed by atoms with Crippen LogP contribution in [0.25, 0.3) is 0 Å². The van der Waals surface area contributed by atoms with Gasteiger partial charge in [0.05, 0.1) is 0 Å². The van der Waals surface area contributed by atoms with Gasteiger partial charge in [0.25, 0.3) is 0 Å². The molecule has 1 saturated carbocycles. The third kappa shape index (κ3) is 4.40. The minimum absolute atomic E-state index is 0.448. The van der Waals surface area contributed by atoms with E-state index in [9.17, 15) is 0 Å². The van der Waals surface area contributed by atoms with Gasteiger partial charge in [-0.25, -0.2) is 0 Å². The number of hydrazine groups is 1. The van der Waals surface area contributed by atoms with Gasteiger partial charge in [0.15, 0.2) is 0 Å². The zero-order valence-electron chi connectivity index (χ0n) is 11.8. The molecule has 2 heteroatoms. The van der Waals surface area contributed by atoms with Crippen LogP contribution in [0.2, 0.25) is 0 Å². The van der Waals surface area contributed by atoms with Crippen LogP contribution >= 0.6 is 0 Å². The van der Waals surface area contributed by atoms with E-state index in [1.165, 1.54) is 77.0 Å². The number of nitrogens with two attached hydrogens (primary N) is 1. The Morgan fingerprint density at radius 1 is 1.11 bits per heavy atom. The van der Waals surface area contributed by atoms with E-state index in [1.807, 2.05) is 0 Å². The molecule has 0 heterocycles. The molecule has 0 amide bonds. The van der Waals surface area contributed by atoms with Gasteiger partial charge in [-0.2, -0.15) is 0 Å². The highest BCUT2D eigenvalue weighted by Crippen LogP contribution is 2.30. The summed E-state index contributed by atoms with van der Waals surface area (Å²) >= 11 is 0. The minimum atomic E-state index is 0.448. The van der Waals surface area contributed by atoms with Crippen molar-refractivity contribution in [3.63, 3.8) is 0 Å². The Hall–Kier alpha value is -0.340. The van der Waals surface area contributed by atoms with E-state index in [4.69, 9.17) is 5.84 Å². The van der Waals surface area contributed by atoms with E-state index < -0.39 is 0 Å². The summed E-state index contributed by atoms with van der Waals surface area (Å²) in [7, 11) is 0. The maximum absolute atomic E-state index is 5.79. The lowest BCUT2D eigenvalue weighted by molar-refractivity contribution is 0.425. The highest BCUT2D eigenvalue weighted by atomic mass is 15.2. The summed E-state index contributed by atoms with van der Waals surface area (Å²) in [5.41, 5.74) is 4.67. The zero-order valence-corrected chi connectivity index (χ0v) is 11.8. The first-order valence-electron chi connectivity index (χ1n) is 8.05. The van der Waals surface area contributed by atoms with Crippen molar-refractivity contribution in [2.75, 3.05) is 0 Å². The van der Waals surface area contributed by atoms with E-state index >= 15 is 0 Å². The second-order valence-corrected chi connectivity index (χ2v) is 6.18. The standard InChI is InChI=1S/C16H30N2/c17-18-16(13-12-14-8-6-7-9-14)15-10-4-2-1-3-5-11-15/h10,14,16,18H,1-9,11-13,17H2. The van der Waals surface area contributed by atoms with Crippen molar-refractivity contribution < 1.29 is 0 Å². The number of rotatable bonds is 5. The molecule has 2 aliphatic rings. The van der Waals surface area contributed by atoms with Crippen LogP contribution in [0.15, 0.2) is 11.6 Å². The van der Waals surface area contributed by atoms with Crippen LogP contribution in [-0.2, 0) is 0 Å². The first kappa shape index (κ1) is 14.1. The van der Waals surface area contributed by atoms with Crippen LogP contribution in [-0.4, -0.2) is 6.04 Å². The van der Waals surface area contributed by atoms with Crippen LogP contribution in [0.1, 0.15) is 77.0 Å². The van der Waals surface area contributed by atoms with Crippen molar-refractivity contribution in [3.05, 3.63) is 11.6 Å². The van der Waals surface area contributed by atoms with Crippen molar-refractivity contribution in [2.45, 2.75) is 83.1 Å². The summed E-state index contributed by atoms with van der Waals surface area (Å²) in [5, 5.41) is 0. The third-order valence-electron chi connectivity index (χ3n) is 4.81. The van der Waals surface area contributed by atoms with E-state index in [-0.39, 0.29) is 0 Å². The summed E-state index contributed by atoms with van der Waals surface area (Å²) in [6, 6.07) is 0.448. The van der Waals surface area contributed by atoms with Crippen molar-refractivity contribution >= 4 is 0 Å². The molecule has 0 spiro atoms. The van der Waals surface area contributed by atoms with Crippen LogP contribution in [0, 0.1) is 5.92 Å². The maximum Gasteiger partial charge on any atom is 0.0419 e. The van der Waals surface area contributed by atoms with Gasteiger partial charge in [0, 0.05) is 6.04 Å². The lowest BCUT2D eigenvalue weighted by Gasteiger charge is -2.23. The Morgan fingerprint density at radius 3 is 2.67 bits per heavy atom. The number of allylic oxidation sites excluding steroid dienone is 1. The molecule has 0 bridgehead atoms. The van der Waals surface area contributed by atoms with Gasteiger partial charge in [0.2, 0.25) is 0 Å². The Labute approximate surface area is 112 Å². The van der Waals surface area contributed by atoms with Gasteiger partial charge >= 0.3 is 0 Å². The first-order valence-corrected chi connectivity index (χ1v) is 8.05. The fraction of sp³-hybridized carbons (Fsp3) is 0.875. The molecule has 1 unspecified atom stereocenters. The Bertz CT molecular complexity index is 254. The summed E-state index contributed by atoms with van der Waals surface area (Å²) < 4.78 is 0. The van der Waals surface area contributed by atoms with Crippen LogP contribution in [0.5, 0.6) is 0 Å². The van der Waals surface area contributed by atoms with Crippen LogP contribution in [0.3, 0.4) is 0 Å². The van der Waals surface area contributed by atoms with Gasteiger partial charge in [-0.15, -0.1) is 0 Å². The largest absolute Gasteiger partial charge is 0.271 e. The summed E-state index contributed by atoms with van der Waals surface area (Å²) in [5.74, 6) is 6.77. The predicted octanol–water partition coefficient (Wildman–Crippen LogP) is 4.07. The second-order valence-electron chi connectivity index (χ2n) is 6.18. The SMILES string of the molecule is NNC(CCC1CCCC1)C1=CCCCCCC1. The normalized spacial score (nSPS) is 24.4. The average Bonchev–Trinajstić information content (AvgIpc) is 2.84. The smallest absolute Gasteiger partial charge is 0.0419 e. The lowest BCUT2D eigenvalue weighted by atomic mass is 9.90. The molecule has 1 fully saturated rings. The monoisotopic (exact) mass is 250 g/mol. The molecular formula is C16H30N2. The molecule has 0 aromatic rings. The number of nitrogens with one attached hydrogen (secondary N) is 1.